The third-order valence-electron chi connectivity index (χ3n) is 4.45. The van der Waals surface area contributed by atoms with Gasteiger partial charge in [-0.05, 0) is 54.0 Å². The minimum absolute atomic E-state index is 0.0790. The van der Waals surface area contributed by atoms with Gasteiger partial charge in [0, 0.05) is 12.1 Å². The molecule has 0 N–H and O–H groups in total. The van der Waals surface area contributed by atoms with E-state index in [0.29, 0.717) is 44.9 Å². The molecule has 0 aromatic heterocycles. The number of ether oxygens (including phenoxy) is 2. The predicted octanol–water partition coefficient (Wildman–Crippen LogP) is 6.94. The molecule has 0 aliphatic rings. The smallest absolute Gasteiger partial charge is 0.270 e. The Morgan fingerprint density at radius 3 is 2.56 bits per heavy atom. The molecule has 3 rings (SSSR count). The number of hydrogen-bond acceptors (Lipinski definition) is 5. The maximum Gasteiger partial charge on any atom is 0.270 e. The van der Waals surface area contributed by atoms with E-state index < -0.39 is 4.92 Å². The average Bonchev–Trinajstić information content (AvgIpc) is 2.79. The van der Waals surface area contributed by atoms with Crippen molar-refractivity contribution < 1.29 is 14.4 Å². The minimum atomic E-state index is -0.494. The Hall–Kier alpha value is -3.53. The molecule has 3 aromatic carbocycles. The van der Waals surface area contributed by atoms with Crippen molar-refractivity contribution in [1.82, 2.24) is 0 Å². The molecule has 8 heteroatoms. The first-order valence-corrected chi connectivity index (χ1v) is 10.4. The molecule has 32 heavy (non-hydrogen) atoms. The van der Waals surface area contributed by atoms with Gasteiger partial charge in [-0.1, -0.05) is 47.5 Å². The van der Waals surface area contributed by atoms with Gasteiger partial charge in [0.25, 0.3) is 5.69 Å². The van der Waals surface area contributed by atoms with Crippen LogP contribution in [0.4, 0.5) is 5.69 Å². The lowest BCUT2D eigenvalue weighted by Crippen LogP contribution is -2.00. The monoisotopic (exact) mass is 468 g/mol. The highest BCUT2D eigenvalue weighted by Crippen LogP contribution is 2.32. The number of rotatable bonds is 8. The first kappa shape index (κ1) is 23.1. The molecule has 0 amide bonds. The van der Waals surface area contributed by atoms with Crippen LogP contribution in [0.1, 0.15) is 23.6 Å². The zero-order valence-electron chi connectivity index (χ0n) is 17.0. The van der Waals surface area contributed by atoms with Gasteiger partial charge in [-0.25, -0.2) is 0 Å². The number of benzene rings is 3. The molecule has 0 atom stereocenters. The lowest BCUT2D eigenvalue weighted by atomic mass is 10.0. The summed E-state index contributed by atoms with van der Waals surface area (Å²) in [6, 6.07) is 18.6. The number of allylic oxidation sites excluding steroid dienone is 1. The Balaban J connectivity index is 1.87. The molecule has 0 spiro atoms. The van der Waals surface area contributed by atoms with E-state index in [2.05, 4.69) is 6.07 Å². The second kappa shape index (κ2) is 10.7. The summed E-state index contributed by atoms with van der Waals surface area (Å²) in [5, 5.41) is 21.5. The van der Waals surface area contributed by atoms with Crippen LogP contribution in [0.3, 0.4) is 0 Å². The van der Waals surface area contributed by atoms with Gasteiger partial charge in [0.15, 0.2) is 11.5 Å². The van der Waals surface area contributed by atoms with E-state index in [4.69, 9.17) is 32.7 Å². The van der Waals surface area contributed by atoms with E-state index in [0.717, 1.165) is 5.56 Å². The van der Waals surface area contributed by atoms with Gasteiger partial charge in [0.2, 0.25) is 0 Å². The molecule has 0 radical (unpaired) electrons. The van der Waals surface area contributed by atoms with Crippen LogP contribution in [-0.2, 0) is 6.61 Å². The van der Waals surface area contributed by atoms with Crippen molar-refractivity contribution in [3.8, 4) is 17.6 Å². The fraction of sp³-hybridized carbons (Fsp3) is 0.125. The summed E-state index contributed by atoms with van der Waals surface area (Å²) in [4.78, 5) is 10.5. The molecule has 0 aliphatic carbocycles. The predicted molar refractivity (Wildman–Crippen MR) is 125 cm³/mol. The van der Waals surface area contributed by atoms with Crippen molar-refractivity contribution in [2.24, 2.45) is 0 Å². The van der Waals surface area contributed by atoms with E-state index in [1.807, 2.05) is 13.0 Å². The number of nitrogens with zero attached hydrogens (tertiary/aromatic N) is 2. The number of non-ortho nitro benzene ring substituents is 1. The summed E-state index contributed by atoms with van der Waals surface area (Å²) < 4.78 is 11.6. The summed E-state index contributed by atoms with van der Waals surface area (Å²) in [5.41, 5.74) is 2.21. The molecule has 0 saturated carbocycles. The van der Waals surface area contributed by atoms with Crippen LogP contribution >= 0.6 is 23.2 Å². The van der Waals surface area contributed by atoms with Crippen LogP contribution in [-0.4, -0.2) is 11.5 Å². The van der Waals surface area contributed by atoms with Crippen LogP contribution in [0.15, 0.2) is 60.7 Å². The van der Waals surface area contributed by atoms with Crippen molar-refractivity contribution in [3.05, 3.63) is 97.5 Å². The van der Waals surface area contributed by atoms with E-state index in [-0.39, 0.29) is 12.3 Å². The van der Waals surface area contributed by atoms with E-state index in [9.17, 15) is 15.4 Å². The molecule has 0 heterocycles. The average molecular weight is 469 g/mol. The van der Waals surface area contributed by atoms with Crippen LogP contribution in [0.5, 0.6) is 11.5 Å². The first-order chi connectivity index (χ1) is 15.4. The Kier molecular flexibility index (Phi) is 7.72. The maximum absolute atomic E-state index is 11.0. The standard InChI is InChI=1S/C24H18Cl2N2O4/c1-2-31-24-12-16(10-19(14-27)18-4-3-5-20(13-18)28(29)30)7-9-23(24)32-15-17-6-8-21(25)22(26)11-17/h3-13H,2,15H2,1H3. The van der Waals surface area contributed by atoms with Gasteiger partial charge in [0.1, 0.15) is 6.61 Å². The summed E-state index contributed by atoms with van der Waals surface area (Å²) in [6.45, 7) is 2.55. The Labute approximate surface area is 195 Å². The number of nitro groups is 1. The maximum atomic E-state index is 11.0. The van der Waals surface area contributed by atoms with Gasteiger partial charge in [0.05, 0.1) is 33.2 Å². The third-order valence-corrected chi connectivity index (χ3v) is 5.18. The zero-order valence-corrected chi connectivity index (χ0v) is 18.6. The SMILES string of the molecule is CCOc1cc(C=C(C#N)c2cccc([N+](=O)[O-])c2)ccc1OCc1ccc(Cl)c(Cl)c1. The molecule has 3 aromatic rings. The molecule has 162 valence electrons. The quantitative estimate of drug-likeness (QED) is 0.154. The number of nitriles is 1. The van der Waals surface area contributed by atoms with Crippen molar-refractivity contribution >= 4 is 40.5 Å². The topological polar surface area (TPSA) is 85.4 Å². The van der Waals surface area contributed by atoms with E-state index >= 15 is 0 Å². The van der Waals surface area contributed by atoms with Crippen molar-refractivity contribution in [2.45, 2.75) is 13.5 Å². The van der Waals surface area contributed by atoms with Gasteiger partial charge >= 0.3 is 0 Å². The molecule has 6 nitrogen and oxygen atoms in total. The van der Waals surface area contributed by atoms with Gasteiger partial charge in [-0.3, -0.25) is 10.1 Å². The second-order valence-corrected chi connectivity index (χ2v) is 7.47. The largest absolute Gasteiger partial charge is 0.490 e. The van der Waals surface area contributed by atoms with Crippen molar-refractivity contribution in [1.29, 1.82) is 5.26 Å². The van der Waals surface area contributed by atoms with Gasteiger partial charge in [-0.2, -0.15) is 5.26 Å². The Morgan fingerprint density at radius 2 is 1.88 bits per heavy atom. The molecular formula is C24H18Cl2N2O4. The fourth-order valence-corrected chi connectivity index (χ4v) is 3.25. The third kappa shape index (κ3) is 5.79. The lowest BCUT2D eigenvalue weighted by molar-refractivity contribution is -0.384. The number of nitro benzene ring substituents is 1. The Bertz CT molecular complexity index is 1220. The fourth-order valence-electron chi connectivity index (χ4n) is 2.93. The molecule has 0 aliphatic heterocycles. The second-order valence-electron chi connectivity index (χ2n) is 6.65. The zero-order chi connectivity index (χ0) is 23.1. The van der Waals surface area contributed by atoms with Crippen LogP contribution in [0.25, 0.3) is 11.6 Å². The van der Waals surface area contributed by atoms with E-state index in [1.165, 1.54) is 12.1 Å². The Morgan fingerprint density at radius 1 is 1.06 bits per heavy atom. The highest BCUT2D eigenvalue weighted by Gasteiger charge is 2.11. The van der Waals surface area contributed by atoms with Crippen LogP contribution < -0.4 is 9.47 Å². The summed E-state index contributed by atoms with van der Waals surface area (Å²) in [6.07, 6.45) is 1.64. The molecule has 0 bridgehead atoms. The minimum Gasteiger partial charge on any atom is -0.490 e. The lowest BCUT2D eigenvalue weighted by Gasteiger charge is -2.13. The van der Waals surface area contributed by atoms with Gasteiger partial charge < -0.3 is 9.47 Å². The van der Waals surface area contributed by atoms with Crippen molar-refractivity contribution in [3.63, 3.8) is 0 Å². The normalized spacial score (nSPS) is 11.0. The highest BCUT2D eigenvalue weighted by molar-refractivity contribution is 6.42. The molecule has 0 fully saturated rings. The van der Waals surface area contributed by atoms with Crippen LogP contribution in [0, 0.1) is 21.4 Å². The summed E-state index contributed by atoms with van der Waals surface area (Å²) in [5.74, 6) is 1.04. The summed E-state index contributed by atoms with van der Waals surface area (Å²) in [7, 11) is 0. The van der Waals surface area contributed by atoms with E-state index in [1.54, 1.807) is 48.5 Å². The molecule has 0 saturated heterocycles. The number of hydrogen-bond donors (Lipinski definition) is 0. The molecular weight excluding hydrogens is 451 g/mol. The highest BCUT2D eigenvalue weighted by atomic mass is 35.5. The van der Waals surface area contributed by atoms with Gasteiger partial charge in [-0.15, -0.1) is 0 Å². The molecule has 0 unspecified atom stereocenters. The summed E-state index contributed by atoms with van der Waals surface area (Å²) >= 11 is 12.0. The van der Waals surface area contributed by atoms with Crippen LogP contribution in [0.2, 0.25) is 10.0 Å². The first-order valence-electron chi connectivity index (χ1n) is 9.61. The number of halogens is 2. The van der Waals surface area contributed by atoms with Crippen molar-refractivity contribution in [2.75, 3.05) is 6.61 Å².